The maximum atomic E-state index is 5.58. The van der Waals surface area contributed by atoms with E-state index < -0.39 is 0 Å². The van der Waals surface area contributed by atoms with Crippen molar-refractivity contribution in [2.24, 2.45) is 0 Å². The first kappa shape index (κ1) is 15.8. The molecule has 0 bridgehead atoms. The fourth-order valence-corrected chi connectivity index (χ4v) is 3.06. The predicted molar refractivity (Wildman–Crippen MR) is 92.3 cm³/mol. The van der Waals surface area contributed by atoms with Crippen LogP contribution >= 0.6 is 35.8 Å². The molecule has 3 heteroatoms. The van der Waals surface area contributed by atoms with Gasteiger partial charge < -0.3 is 0 Å². The summed E-state index contributed by atoms with van der Waals surface area (Å²) in [6.45, 7) is 2.16. The van der Waals surface area contributed by atoms with E-state index in [9.17, 15) is 0 Å². The summed E-state index contributed by atoms with van der Waals surface area (Å²) in [4.78, 5) is 0. The van der Waals surface area contributed by atoms with Crippen molar-refractivity contribution >= 4 is 35.8 Å². The van der Waals surface area contributed by atoms with Crippen molar-refractivity contribution in [3.8, 4) is 0 Å². The lowest BCUT2D eigenvalue weighted by Crippen LogP contribution is -2.05. The van der Waals surface area contributed by atoms with E-state index in [0.29, 0.717) is 15.3 Å². The maximum absolute atomic E-state index is 5.58. The second-order valence-electron chi connectivity index (χ2n) is 5.02. The normalized spacial score (nSPS) is 16.9. The molecule has 0 aliphatic heterocycles. The van der Waals surface area contributed by atoms with Crippen LogP contribution in [0.25, 0.3) is 0 Å². The molecule has 20 heavy (non-hydrogen) atoms. The first-order chi connectivity index (χ1) is 9.58. The van der Waals surface area contributed by atoms with E-state index in [-0.39, 0.29) is 0 Å². The largest absolute Gasteiger partial charge is 0.171 e. The van der Waals surface area contributed by atoms with Crippen molar-refractivity contribution in [3.05, 3.63) is 69.2 Å². The van der Waals surface area contributed by atoms with Crippen LogP contribution in [0, 0.1) is 6.92 Å². The summed E-state index contributed by atoms with van der Waals surface area (Å²) < 4.78 is 0. The highest BCUT2D eigenvalue weighted by Gasteiger charge is 2.15. The van der Waals surface area contributed by atoms with Crippen LogP contribution in [0.4, 0.5) is 0 Å². The highest BCUT2D eigenvalue weighted by atomic mass is 35.5. The van der Waals surface area contributed by atoms with E-state index >= 15 is 0 Å². The molecule has 0 spiro atoms. The minimum absolute atomic E-state index is 0.481. The van der Waals surface area contributed by atoms with E-state index in [4.69, 9.17) is 23.2 Å². The van der Waals surface area contributed by atoms with Gasteiger partial charge in [0.15, 0.2) is 0 Å². The van der Waals surface area contributed by atoms with Gasteiger partial charge >= 0.3 is 0 Å². The third kappa shape index (κ3) is 4.18. The van der Waals surface area contributed by atoms with Gasteiger partial charge in [-0.15, -0.1) is 0 Å². The number of hydrogen-bond acceptors (Lipinski definition) is 1. The Labute approximate surface area is 136 Å². The van der Waals surface area contributed by atoms with Gasteiger partial charge in [-0.05, 0) is 49.4 Å². The summed E-state index contributed by atoms with van der Waals surface area (Å²) in [7, 11) is 0. The monoisotopic (exact) mass is 324 g/mol. The highest BCUT2D eigenvalue weighted by molar-refractivity contribution is 7.80. The molecule has 0 saturated heterocycles. The molecule has 3 rings (SSSR count). The third-order valence-electron chi connectivity index (χ3n) is 3.41. The van der Waals surface area contributed by atoms with Crippen molar-refractivity contribution in [1.82, 2.24) is 0 Å². The van der Waals surface area contributed by atoms with Crippen LogP contribution in [-0.2, 0) is 6.42 Å². The van der Waals surface area contributed by atoms with Crippen LogP contribution in [0.15, 0.2) is 42.5 Å². The van der Waals surface area contributed by atoms with E-state index in [2.05, 4.69) is 37.8 Å². The van der Waals surface area contributed by atoms with Crippen LogP contribution in [0.1, 0.15) is 34.8 Å². The van der Waals surface area contributed by atoms with Gasteiger partial charge in [0, 0.05) is 5.25 Å². The van der Waals surface area contributed by atoms with Crippen molar-refractivity contribution < 1.29 is 0 Å². The molecule has 0 amide bonds. The van der Waals surface area contributed by atoms with Gasteiger partial charge in [-0.1, -0.05) is 59.1 Å². The number of fused-ring (bicyclic) bond motifs is 1. The predicted octanol–water partition coefficient (Wildman–Crippen LogP) is 6.30. The SMILES string of the molecule is Cc1ccc2c(c1)CCCC2S.Clc1ccccc1Cl. The Kier molecular flexibility index (Phi) is 5.83. The molecule has 0 radical (unpaired) electrons. The Bertz CT molecular complexity index is 560. The Hall–Kier alpha value is -0.630. The minimum Gasteiger partial charge on any atom is -0.171 e. The molecule has 106 valence electrons. The first-order valence-electron chi connectivity index (χ1n) is 6.75. The maximum Gasteiger partial charge on any atom is 0.0592 e. The lowest BCUT2D eigenvalue weighted by atomic mass is 9.90. The Morgan fingerprint density at radius 3 is 2.30 bits per heavy atom. The summed E-state index contributed by atoms with van der Waals surface area (Å²) >= 11 is 15.7. The average Bonchev–Trinajstić information content (AvgIpc) is 2.43. The first-order valence-corrected chi connectivity index (χ1v) is 8.02. The number of rotatable bonds is 0. The van der Waals surface area contributed by atoms with Crippen molar-refractivity contribution in [2.45, 2.75) is 31.4 Å². The number of aryl methyl sites for hydroxylation is 2. The molecule has 0 aromatic heterocycles. The second kappa shape index (κ2) is 7.40. The highest BCUT2D eigenvalue weighted by Crippen LogP contribution is 2.34. The lowest BCUT2D eigenvalue weighted by Gasteiger charge is -2.21. The number of halogens is 2. The number of hydrogen-bond donors (Lipinski definition) is 1. The topological polar surface area (TPSA) is 0 Å². The zero-order valence-corrected chi connectivity index (χ0v) is 13.8. The van der Waals surface area contributed by atoms with E-state index in [1.165, 1.54) is 36.0 Å². The quantitative estimate of drug-likeness (QED) is 0.540. The molecule has 0 saturated carbocycles. The van der Waals surface area contributed by atoms with Crippen molar-refractivity contribution in [2.75, 3.05) is 0 Å². The Balaban J connectivity index is 0.000000160. The second-order valence-corrected chi connectivity index (χ2v) is 6.46. The van der Waals surface area contributed by atoms with Crippen LogP contribution in [0.5, 0.6) is 0 Å². The molecule has 0 fully saturated rings. The van der Waals surface area contributed by atoms with Gasteiger partial charge in [0.25, 0.3) is 0 Å². The zero-order valence-electron chi connectivity index (χ0n) is 11.4. The number of benzene rings is 2. The van der Waals surface area contributed by atoms with E-state index in [1.54, 1.807) is 12.1 Å². The van der Waals surface area contributed by atoms with Gasteiger partial charge in [0.2, 0.25) is 0 Å². The average molecular weight is 325 g/mol. The summed E-state index contributed by atoms with van der Waals surface area (Å²) in [6, 6.07) is 13.9. The van der Waals surface area contributed by atoms with E-state index in [1.807, 2.05) is 12.1 Å². The van der Waals surface area contributed by atoms with Crippen LogP contribution in [-0.4, -0.2) is 0 Å². The van der Waals surface area contributed by atoms with Gasteiger partial charge in [0.05, 0.1) is 10.0 Å². The van der Waals surface area contributed by atoms with Gasteiger partial charge in [-0.3, -0.25) is 0 Å². The molecular formula is C17H18Cl2S. The van der Waals surface area contributed by atoms with Crippen LogP contribution in [0.3, 0.4) is 0 Å². The standard InChI is InChI=1S/C11H14S.C6H4Cl2/c1-8-5-6-10-9(7-8)3-2-4-11(10)12;7-5-3-1-2-4-6(5)8/h5-7,11-12H,2-4H2,1H3;1-4H. The minimum atomic E-state index is 0.481. The van der Waals surface area contributed by atoms with Crippen molar-refractivity contribution in [3.63, 3.8) is 0 Å². The molecule has 1 aliphatic rings. The molecule has 2 aromatic carbocycles. The van der Waals surface area contributed by atoms with E-state index in [0.717, 1.165) is 0 Å². The summed E-state index contributed by atoms with van der Waals surface area (Å²) in [5.74, 6) is 0. The van der Waals surface area contributed by atoms with Crippen LogP contribution < -0.4 is 0 Å². The zero-order chi connectivity index (χ0) is 14.5. The van der Waals surface area contributed by atoms with Crippen molar-refractivity contribution in [1.29, 1.82) is 0 Å². The van der Waals surface area contributed by atoms with Crippen LogP contribution in [0.2, 0.25) is 10.0 Å². The van der Waals surface area contributed by atoms with Gasteiger partial charge in [0.1, 0.15) is 0 Å². The molecule has 0 N–H and O–H groups in total. The Morgan fingerprint density at radius 2 is 1.70 bits per heavy atom. The summed E-state index contributed by atoms with van der Waals surface area (Å²) in [5, 5.41) is 1.69. The Morgan fingerprint density at radius 1 is 1.05 bits per heavy atom. The number of thiol groups is 1. The smallest absolute Gasteiger partial charge is 0.0592 e. The fourth-order valence-electron chi connectivity index (χ4n) is 2.36. The summed E-state index contributed by atoms with van der Waals surface area (Å²) in [5.41, 5.74) is 4.34. The molecule has 2 aromatic rings. The molecular weight excluding hydrogens is 307 g/mol. The van der Waals surface area contributed by atoms with Gasteiger partial charge in [-0.2, -0.15) is 12.6 Å². The lowest BCUT2D eigenvalue weighted by molar-refractivity contribution is 0.676. The molecule has 1 atom stereocenters. The van der Waals surface area contributed by atoms with Gasteiger partial charge in [-0.25, -0.2) is 0 Å². The molecule has 0 heterocycles. The fraction of sp³-hybridized carbons (Fsp3) is 0.294. The molecule has 0 nitrogen and oxygen atoms in total. The summed E-state index contributed by atoms with van der Waals surface area (Å²) in [6.07, 6.45) is 3.78. The third-order valence-corrected chi connectivity index (χ3v) is 4.70. The molecule has 1 unspecified atom stereocenters. The molecule has 1 aliphatic carbocycles.